The Morgan fingerprint density at radius 3 is 2.86 bits per heavy atom. The Morgan fingerprint density at radius 1 is 1.50 bits per heavy atom. The van der Waals surface area contributed by atoms with E-state index in [4.69, 9.17) is 5.14 Å². The van der Waals surface area contributed by atoms with E-state index in [9.17, 15) is 13.2 Å². The third-order valence-electron chi connectivity index (χ3n) is 3.65. The molecule has 1 aromatic rings. The minimum atomic E-state index is -3.83. The number of sulfonamides is 1. The highest BCUT2D eigenvalue weighted by atomic mass is 32.2. The van der Waals surface area contributed by atoms with Gasteiger partial charge in [0.15, 0.2) is 0 Å². The van der Waals surface area contributed by atoms with Crippen LogP contribution in [0, 0.1) is 5.92 Å². The van der Waals surface area contributed by atoms with Crippen molar-refractivity contribution in [3.63, 3.8) is 0 Å². The van der Waals surface area contributed by atoms with Gasteiger partial charge >= 0.3 is 0 Å². The first-order valence-electron chi connectivity index (χ1n) is 7.32. The third-order valence-corrected chi connectivity index (χ3v) is 4.58. The van der Waals surface area contributed by atoms with Gasteiger partial charge in [-0.05, 0) is 25.0 Å². The fraction of sp³-hybridized carbons (Fsp3) is 0.571. The van der Waals surface area contributed by atoms with Gasteiger partial charge in [0.05, 0.1) is 0 Å². The van der Waals surface area contributed by atoms with Crippen molar-refractivity contribution in [2.24, 2.45) is 11.1 Å². The Morgan fingerprint density at radius 2 is 2.23 bits per heavy atom. The largest absolute Gasteiger partial charge is 0.353 e. The van der Waals surface area contributed by atoms with Crippen molar-refractivity contribution in [3.05, 3.63) is 18.3 Å². The first kappa shape index (κ1) is 16.7. The van der Waals surface area contributed by atoms with Crippen LogP contribution in [0.2, 0.25) is 0 Å². The van der Waals surface area contributed by atoms with Crippen molar-refractivity contribution >= 4 is 21.7 Å². The summed E-state index contributed by atoms with van der Waals surface area (Å²) < 4.78 is 23.4. The van der Waals surface area contributed by atoms with E-state index in [1.54, 1.807) is 12.3 Å². The van der Waals surface area contributed by atoms with Crippen LogP contribution in [-0.2, 0) is 14.8 Å². The second kappa shape index (κ2) is 6.62. The molecule has 1 atom stereocenters. The Hall–Kier alpha value is -1.67. The normalized spacial score (nSPS) is 19.3. The lowest BCUT2D eigenvalue weighted by Crippen LogP contribution is -2.49. The number of anilines is 1. The number of piperidine rings is 1. The quantitative estimate of drug-likeness (QED) is 0.837. The average molecular weight is 326 g/mol. The van der Waals surface area contributed by atoms with E-state index < -0.39 is 10.0 Å². The van der Waals surface area contributed by atoms with E-state index in [1.807, 2.05) is 18.7 Å². The van der Waals surface area contributed by atoms with Crippen molar-refractivity contribution < 1.29 is 13.2 Å². The van der Waals surface area contributed by atoms with Crippen molar-refractivity contribution in [1.29, 1.82) is 0 Å². The smallest absolute Gasteiger partial charge is 0.241 e. The lowest BCUT2D eigenvalue weighted by Gasteiger charge is -2.34. The van der Waals surface area contributed by atoms with Gasteiger partial charge in [0, 0.05) is 31.2 Å². The first-order valence-corrected chi connectivity index (χ1v) is 8.87. The second-order valence-electron chi connectivity index (χ2n) is 5.82. The Bertz CT molecular complexity index is 645. The molecule has 22 heavy (non-hydrogen) atoms. The summed E-state index contributed by atoms with van der Waals surface area (Å²) in [5, 5.41) is 8.24. The molecular weight excluding hydrogens is 304 g/mol. The Labute approximate surface area is 131 Å². The van der Waals surface area contributed by atoms with Crippen molar-refractivity contribution in [3.8, 4) is 0 Å². The van der Waals surface area contributed by atoms with E-state index in [0.29, 0.717) is 18.9 Å². The zero-order chi connectivity index (χ0) is 16.3. The summed E-state index contributed by atoms with van der Waals surface area (Å²) in [6.07, 6.45) is 3.26. The maximum atomic E-state index is 11.8. The standard InChI is InChI=1S/C14H22N4O3S/c1-10(2)14(19)17-11-5-4-8-18(9-11)13-12(22(15,20)21)6-3-7-16-13/h3,6-7,10-11H,4-5,8-9H2,1-2H3,(H,17,19)(H2,15,20,21). The topological polar surface area (TPSA) is 105 Å². The molecule has 0 spiro atoms. The number of primary sulfonamides is 1. The number of carbonyl (C=O) groups is 1. The molecule has 1 unspecified atom stereocenters. The number of hydrogen-bond donors (Lipinski definition) is 2. The highest BCUT2D eigenvalue weighted by Crippen LogP contribution is 2.24. The van der Waals surface area contributed by atoms with Crippen LogP contribution in [-0.4, -0.2) is 38.4 Å². The van der Waals surface area contributed by atoms with Gasteiger partial charge in [0.2, 0.25) is 15.9 Å². The number of aromatic nitrogens is 1. The van der Waals surface area contributed by atoms with Crippen LogP contribution >= 0.6 is 0 Å². The summed E-state index contributed by atoms with van der Waals surface area (Å²) in [5.74, 6) is 0.276. The zero-order valence-electron chi connectivity index (χ0n) is 12.8. The van der Waals surface area contributed by atoms with Gasteiger partial charge < -0.3 is 10.2 Å². The summed E-state index contributed by atoms with van der Waals surface area (Å²) >= 11 is 0. The van der Waals surface area contributed by atoms with Crippen LogP contribution in [0.5, 0.6) is 0 Å². The third kappa shape index (κ3) is 3.95. The maximum absolute atomic E-state index is 11.8. The summed E-state index contributed by atoms with van der Waals surface area (Å²) in [6, 6.07) is 2.98. The summed E-state index contributed by atoms with van der Waals surface area (Å²) in [6.45, 7) is 4.90. The molecule has 1 saturated heterocycles. The molecule has 2 rings (SSSR count). The Kier molecular flexibility index (Phi) is 5.02. The number of nitrogens with two attached hydrogens (primary N) is 1. The predicted molar refractivity (Wildman–Crippen MR) is 83.8 cm³/mol. The fourth-order valence-electron chi connectivity index (χ4n) is 2.50. The molecule has 0 saturated carbocycles. The molecule has 1 aliphatic rings. The van der Waals surface area contributed by atoms with E-state index in [0.717, 1.165) is 12.8 Å². The molecule has 0 bridgehead atoms. The van der Waals surface area contributed by atoms with Crippen molar-refractivity contribution in [2.45, 2.75) is 37.6 Å². The molecule has 2 heterocycles. The molecule has 0 aliphatic carbocycles. The molecule has 1 amide bonds. The lowest BCUT2D eigenvalue weighted by molar-refractivity contribution is -0.124. The van der Waals surface area contributed by atoms with Crippen LogP contribution in [0.3, 0.4) is 0 Å². The molecule has 3 N–H and O–H groups in total. The number of pyridine rings is 1. The molecule has 0 aromatic carbocycles. The predicted octanol–water partition coefficient (Wildman–Crippen LogP) is 0.470. The summed E-state index contributed by atoms with van der Waals surface area (Å²) in [4.78, 5) is 17.9. The van der Waals surface area contributed by atoms with Crippen LogP contribution in [0.4, 0.5) is 5.82 Å². The summed E-state index contributed by atoms with van der Waals surface area (Å²) in [5.41, 5.74) is 0. The summed E-state index contributed by atoms with van der Waals surface area (Å²) in [7, 11) is -3.83. The van der Waals surface area contributed by atoms with Crippen LogP contribution in [0.1, 0.15) is 26.7 Å². The number of rotatable bonds is 4. The first-order chi connectivity index (χ1) is 10.3. The minimum absolute atomic E-state index is 0.000425. The highest BCUT2D eigenvalue weighted by Gasteiger charge is 2.26. The zero-order valence-corrected chi connectivity index (χ0v) is 13.6. The minimum Gasteiger partial charge on any atom is -0.353 e. The van der Waals surface area contributed by atoms with E-state index in [1.165, 1.54) is 6.07 Å². The molecule has 1 fully saturated rings. The average Bonchev–Trinajstić information content (AvgIpc) is 2.46. The van der Waals surface area contributed by atoms with E-state index >= 15 is 0 Å². The number of nitrogens with one attached hydrogen (secondary N) is 1. The number of hydrogen-bond acceptors (Lipinski definition) is 5. The lowest BCUT2D eigenvalue weighted by atomic mass is 10.0. The number of carbonyl (C=O) groups excluding carboxylic acids is 1. The van der Waals surface area contributed by atoms with E-state index in [-0.39, 0.29) is 22.8 Å². The van der Waals surface area contributed by atoms with Crippen LogP contribution in [0.25, 0.3) is 0 Å². The fourth-order valence-corrected chi connectivity index (χ4v) is 3.20. The van der Waals surface area contributed by atoms with Gasteiger partial charge in [0.25, 0.3) is 0 Å². The number of amides is 1. The van der Waals surface area contributed by atoms with Gasteiger partial charge in [-0.1, -0.05) is 13.8 Å². The SMILES string of the molecule is CC(C)C(=O)NC1CCCN(c2ncccc2S(N)(=O)=O)C1. The Balaban J connectivity index is 2.18. The van der Waals surface area contributed by atoms with Gasteiger partial charge in [-0.15, -0.1) is 0 Å². The molecule has 1 aliphatic heterocycles. The monoisotopic (exact) mass is 326 g/mol. The molecule has 122 valence electrons. The van der Waals surface area contributed by atoms with Gasteiger partial charge in [-0.2, -0.15) is 0 Å². The van der Waals surface area contributed by atoms with Crippen LogP contribution < -0.4 is 15.4 Å². The second-order valence-corrected chi connectivity index (χ2v) is 7.35. The van der Waals surface area contributed by atoms with Gasteiger partial charge in [0.1, 0.15) is 10.7 Å². The van der Waals surface area contributed by atoms with Gasteiger partial charge in [-0.3, -0.25) is 4.79 Å². The van der Waals surface area contributed by atoms with Crippen molar-refractivity contribution in [2.75, 3.05) is 18.0 Å². The molecule has 0 radical (unpaired) electrons. The molecular formula is C14H22N4O3S. The molecule has 7 nitrogen and oxygen atoms in total. The molecule has 1 aromatic heterocycles. The van der Waals surface area contributed by atoms with Crippen molar-refractivity contribution in [1.82, 2.24) is 10.3 Å². The van der Waals surface area contributed by atoms with Gasteiger partial charge in [-0.25, -0.2) is 18.5 Å². The highest BCUT2D eigenvalue weighted by molar-refractivity contribution is 7.89. The maximum Gasteiger partial charge on any atom is 0.241 e. The molecule has 8 heteroatoms. The number of nitrogens with zero attached hydrogens (tertiary/aromatic N) is 2. The van der Waals surface area contributed by atoms with E-state index in [2.05, 4.69) is 10.3 Å². The van der Waals surface area contributed by atoms with Crippen LogP contribution in [0.15, 0.2) is 23.2 Å².